The van der Waals surface area contributed by atoms with Crippen LogP contribution in [0.25, 0.3) is 11.3 Å². The van der Waals surface area contributed by atoms with Gasteiger partial charge in [-0.3, -0.25) is 0 Å². The topological polar surface area (TPSA) is 15.8 Å². The van der Waals surface area contributed by atoms with Crippen LogP contribution in [-0.2, 0) is 6.42 Å². The summed E-state index contributed by atoms with van der Waals surface area (Å²) in [6.07, 6.45) is 0.770. The largest absolute Gasteiger partial charge is 0.337 e. The summed E-state index contributed by atoms with van der Waals surface area (Å²) in [7, 11) is 0. The minimum absolute atomic E-state index is 0.239. The van der Waals surface area contributed by atoms with E-state index in [1.54, 1.807) is 12.1 Å². The van der Waals surface area contributed by atoms with Crippen molar-refractivity contribution in [1.29, 1.82) is 0 Å². The van der Waals surface area contributed by atoms with Crippen LogP contribution in [-0.4, -0.2) is 10.9 Å². The van der Waals surface area contributed by atoms with Gasteiger partial charge < -0.3 is 4.98 Å². The Bertz CT molecular complexity index is 530. The highest BCUT2D eigenvalue weighted by molar-refractivity contribution is 7.73. The van der Waals surface area contributed by atoms with Crippen molar-refractivity contribution in [3.8, 4) is 11.3 Å². The molecule has 0 unspecified atom stereocenters. The summed E-state index contributed by atoms with van der Waals surface area (Å²) < 4.78 is 13.5. The molecule has 0 amide bonds. The number of rotatable bonds is 3. The first-order valence-corrected chi connectivity index (χ1v) is 6.50. The van der Waals surface area contributed by atoms with Crippen LogP contribution in [0.1, 0.15) is 4.88 Å². The lowest BCUT2D eigenvalue weighted by molar-refractivity contribution is 0.628. The first-order chi connectivity index (χ1) is 7.70. The molecule has 2 rings (SSSR count). The van der Waals surface area contributed by atoms with Gasteiger partial charge in [-0.2, -0.15) is 0 Å². The Balaban J connectivity index is 2.46. The summed E-state index contributed by atoms with van der Waals surface area (Å²) in [5.74, 6) is 0.314. The lowest BCUT2D eigenvalue weighted by Gasteiger charge is -2.01. The van der Waals surface area contributed by atoms with Gasteiger partial charge in [-0.25, -0.2) is 4.39 Å². The maximum atomic E-state index is 12.8. The van der Waals surface area contributed by atoms with Crippen molar-refractivity contribution in [3.05, 3.63) is 38.9 Å². The Hall–Kier alpha value is -0.710. The molecule has 0 radical (unpaired) electrons. The predicted molar refractivity (Wildman–Crippen MR) is 69.3 cm³/mol. The quantitative estimate of drug-likeness (QED) is 0.648. The molecule has 0 aliphatic rings. The molecule has 0 saturated heterocycles. The highest BCUT2D eigenvalue weighted by atomic mass is 35.5. The number of nitrogens with one attached hydrogen (secondary N) is 1. The summed E-state index contributed by atoms with van der Waals surface area (Å²) in [4.78, 5) is 4.23. The van der Waals surface area contributed by atoms with Gasteiger partial charge in [0.25, 0.3) is 0 Å². The molecule has 0 spiro atoms. The minimum Gasteiger partial charge on any atom is -0.337 e. The molecule has 1 nitrogen and oxygen atoms in total. The summed E-state index contributed by atoms with van der Waals surface area (Å²) in [5, 5.41) is 0. The first-order valence-electron chi connectivity index (χ1n) is 4.74. The molecule has 1 heterocycles. The zero-order valence-corrected chi connectivity index (χ0v) is 10.7. The van der Waals surface area contributed by atoms with Crippen molar-refractivity contribution in [3.63, 3.8) is 0 Å². The number of hydrogen-bond donors (Lipinski definition) is 1. The highest BCUT2D eigenvalue weighted by Gasteiger charge is 2.08. The second-order valence-corrected chi connectivity index (χ2v) is 5.41. The second kappa shape index (κ2) is 5.08. The van der Waals surface area contributed by atoms with E-state index in [9.17, 15) is 4.39 Å². The van der Waals surface area contributed by atoms with Crippen molar-refractivity contribution >= 4 is 35.2 Å². The molecule has 0 fully saturated rings. The molecular weight excluding hydrogens is 265 g/mol. The molecule has 5 heteroatoms. The van der Waals surface area contributed by atoms with Crippen LogP contribution >= 0.6 is 35.2 Å². The van der Waals surface area contributed by atoms with Gasteiger partial charge in [0.15, 0.2) is 3.95 Å². The predicted octanol–water partition coefficient (Wildman–Crippen LogP) is 4.39. The SMILES string of the molecule is Fc1ccc(-c2[nH]c(=S)sc2CCCl)cc1. The van der Waals surface area contributed by atoms with Crippen molar-refractivity contribution in [1.82, 2.24) is 4.98 Å². The molecule has 1 N–H and O–H groups in total. The third-order valence-electron chi connectivity index (χ3n) is 2.18. The lowest BCUT2D eigenvalue weighted by Crippen LogP contribution is -1.87. The van der Waals surface area contributed by atoms with Crippen LogP contribution in [0.2, 0.25) is 0 Å². The molecule has 0 bridgehead atoms. The van der Waals surface area contributed by atoms with Crippen molar-refractivity contribution < 1.29 is 4.39 Å². The molecule has 84 valence electrons. The van der Waals surface area contributed by atoms with E-state index in [1.807, 2.05) is 0 Å². The fraction of sp³-hybridized carbons (Fsp3) is 0.182. The van der Waals surface area contributed by atoms with Gasteiger partial charge >= 0.3 is 0 Å². The van der Waals surface area contributed by atoms with Crippen LogP contribution in [0.3, 0.4) is 0 Å². The maximum absolute atomic E-state index is 12.8. The summed E-state index contributed by atoms with van der Waals surface area (Å²) in [6, 6.07) is 6.35. The third kappa shape index (κ3) is 2.51. The van der Waals surface area contributed by atoms with Crippen molar-refractivity contribution in [2.45, 2.75) is 6.42 Å². The van der Waals surface area contributed by atoms with E-state index in [2.05, 4.69) is 4.98 Å². The Morgan fingerprint density at radius 1 is 1.31 bits per heavy atom. The van der Waals surface area contributed by atoms with E-state index in [4.69, 9.17) is 23.8 Å². The highest BCUT2D eigenvalue weighted by Crippen LogP contribution is 2.27. The van der Waals surface area contributed by atoms with Gasteiger partial charge in [0, 0.05) is 10.8 Å². The Morgan fingerprint density at radius 3 is 2.62 bits per heavy atom. The smallest absolute Gasteiger partial charge is 0.159 e. The molecule has 2 aromatic rings. The number of thiazole rings is 1. The monoisotopic (exact) mass is 273 g/mol. The van der Waals surface area contributed by atoms with Crippen molar-refractivity contribution in [2.75, 3.05) is 5.88 Å². The van der Waals surface area contributed by atoms with Crippen LogP contribution in [0, 0.1) is 9.77 Å². The average molecular weight is 274 g/mol. The molecule has 1 aromatic heterocycles. The number of alkyl halides is 1. The van der Waals surface area contributed by atoms with Crippen LogP contribution < -0.4 is 0 Å². The van der Waals surface area contributed by atoms with Crippen LogP contribution in [0.5, 0.6) is 0 Å². The molecule has 0 atom stereocenters. The second-order valence-electron chi connectivity index (χ2n) is 3.26. The zero-order chi connectivity index (χ0) is 11.5. The number of hydrogen-bond acceptors (Lipinski definition) is 2. The molecule has 16 heavy (non-hydrogen) atoms. The van der Waals surface area contributed by atoms with Gasteiger partial charge in [0.2, 0.25) is 0 Å². The van der Waals surface area contributed by atoms with Crippen LogP contribution in [0.15, 0.2) is 24.3 Å². The number of aromatic amines is 1. The van der Waals surface area contributed by atoms with Crippen molar-refractivity contribution in [2.24, 2.45) is 0 Å². The van der Waals surface area contributed by atoms with E-state index >= 15 is 0 Å². The first kappa shape index (κ1) is 11.8. The lowest BCUT2D eigenvalue weighted by atomic mass is 10.1. The summed E-state index contributed by atoms with van der Waals surface area (Å²) >= 11 is 12.4. The fourth-order valence-electron chi connectivity index (χ4n) is 1.47. The van der Waals surface area contributed by atoms with Gasteiger partial charge in [0.1, 0.15) is 5.82 Å². The third-order valence-corrected chi connectivity index (χ3v) is 3.66. The van der Waals surface area contributed by atoms with Crippen LogP contribution in [0.4, 0.5) is 4.39 Å². The van der Waals surface area contributed by atoms with E-state index in [-0.39, 0.29) is 5.82 Å². The number of aryl methyl sites for hydroxylation is 1. The van der Waals surface area contributed by atoms with E-state index in [0.717, 1.165) is 26.5 Å². The fourth-order valence-corrected chi connectivity index (χ4v) is 3.03. The van der Waals surface area contributed by atoms with Gasteiger partial charge in [-0.15, -0.1) is 22.9 Å². The molecule has 1 aromatic carbocycles. The molecule has 0 saturated carbocycles. The molecule has 0 aliphatic heterocycles. The van der Waals surface area contributed by atoms with Gasteiger partial charge in [-0.05, 0) is 48.5 Å². The Labute approximate surface area is 107 Å². The average Bonchev–Trinajstić information content (AvgIpc) is 2.61. The van der Waals surface area contributed by atoms with Gasteiger partial charge in [0.05, 0.1) is 5.69 Å². The number of benzene rings is 1. The van der Waals surface area contributed by atoms with E-state index in [1.165, 1.54) is 23.5 Å². The molecular formula is C11H9ClFNS2. The minimum atomic E-state index is -0.239. The zero-order valence-electron chi connectivity index (χ0n) is 8.30. The summed E-state index contributed by atoms with van der Waals surface area (Å²) in [6.45, 7) is 0. The molecule has 0 aliphatic carbocycles. The normalized spacial score (nSPS) is 10.6. The Morgan fingerprint density at radius 2 is 2.00 bits per heavy atom. The number of aromatic nitrogens is 1. The standard InChI is InChI=1S/C11H9ClFNS2/c12-6-5-9-10(14-11(15)16-9)7-1-3-8(13)4-2-7/h1-4H,5-6H2,(H,14,15). The Kier molecular flexibility index (Phi) is 3.74. The number of H-pyrrole nitrogens is 1. The maximum Gasteiger partial charge on any atom is 0.159 e. The van der Waals surface area contributed by atoms with E-state index in [0.29, 0.717) is 5.88 Å². The summed E-state index contributed by atoms with van der Waals surface area (Å²) in [5.41, 5.74) is 1.89. The van der Waals surface area contributed by atoms with E-state index < -0.39 is 0 Å². The van der Waals surface area contributed by atoms with Gasteiger partial charge in [-0.1, -0.05) is 0 Å². The number of halogens is 2.